The predicted octanol–water partition coefficient (Wildman–Crippen LogP) is 0.691. The summed E-state index contributed by atoms with van der Waals surface area (Å²) in [6.07, 6.45) is 0.220. The van der Waals surface area contributed by atoms with Gasteiger partial charge in [0.15, 0.2) is 0 Å². The number of carbonyl (C=O) groups excluding carboxylic acids is 1. The van der Waals surface area contributed by atoms with Crippen LogP contribution in [0.15, 0.2) is 29.2 Å². The van der Waals surface area contributed by atoms with Gasteiger partial charge in [0, 0.05) is 18.7 Å². The quantitative estimate of drug-likeness (QED) is 0.762. The summed E-state index contributed by atoms with van der Waals surface area (Å²) in [7, 11) is -3.63. The van der Waals surface area contributed by atoms with Gasteiger partial charge in [0.2, 0.25) is 10.0 Å². The lowest BCUT2D eigenvalue weighted by atomic mass is 9.98. The standard InChI is InChI=1S/C16H22N2O6S/c1-3-16(2,15(20)21)17-14(19)12-4-6-13(7-5-12)25(22,23)18-8-10-24-11-9-18/h4-7H,3,8-11H2,1-2H3,(H,17,19)(H,20,21). The van der Waals surface area contributed by atoms with Crippen molar-refractivity contribution >= 4 is 21.9 Å². The van der Waals surface area contributed by atoms with Gasteiger partial charge in [0.25, 0.3) is 5.91 Å². The van der Waals surface area contributed by atoms with Gasteiger partial charge in [-0.25, -0.2) is 13.2 Å². The summed E-state index contributed by atoms with van der Waals surface area (Å²) >= 11 is 0. The van der Waals surface area contributed by atoms with E-state index in [-0.39, 0.29) is 30.0 Å². The summed E-state index contributed by atoms with van der Waals surface area (Å²) in [5.74, 6) is -1.70. The molecule has 1 amide bonds. The van der Waals surface area contributed by atoms with E-state index in [1.165, 1.54) is 35.5 Å². The fraction of sp³-hybridized carbons (Fsp3) is 0.500. The number of rotatable bonds is 6. The molecule has 9 heteroatoms. The molecule has 0 spiro atoms. The van der Waals surface area contributed by atoms with Crippen molar-refractivity contribution in [2.24, 2.45) is 0 Å². The minimum Gasteiger partial charge on any atom is -0.480 e. The highest BCUT2D eigenvalue weighted by Gasteiger charge is 2.33. The zero-order valence-corrected chi connectivity index (χ0v) is 15.0. The number of hydrogen-bond acceptors (Lipinski definition) is 5. The maximum Gasteiger partial charge on any atom is 0.329 e. The maximum atomic E-state index is 12.5. The smallest absolute Gasteiger partial charge is 0.329 e. The second kappa shape index (κ2) is 7.51. The summed E-state index contributed by atoms with van der Waals surface area (Å²) in [5, 5.41) is 11.7. The highest BCUT2D eigenvalue weighted by atomic mass is 32.2. The number of nitrogens with one attached hydrogen (secondary N) is 1. The fourth-order valence-electron chi connectivity index (χ4n) is 2.33. The molecule has 1 heterocycles. The van der Waals surface area contributed by atoms with Gasteiger partial charge in [-0.05, 0) is 37.6 Å². The van der Waals surface area contributed by atoms with E-state index in [0.717, 1.165) is 0 Å². The molecule has 1 fully saturated rings. The number of sulfonamides is 1. The molecule has 1 saturated heterocycles. The van der Waals surface area contributed by atoms with Crippen molar-refractivity contribution in [3.8, 4) is 0 Å². The van der Waals surface area contributed by atoms with Crippen LogP contribution in [-0.4, -0.2) is 61.5 Å². The third-order valence-corrected chi connectivity index (χ3v) is 6.21. The summed E-state index contributed by atoms with van der Waals surface area (Å²) < 4.78 is 31.5. The van der Waals surface area contributed by atoms with Crippen LogP contribution in [0, 0.1) is 0 Å². The van der Waals surface area contributed by atoms with Crippen molar-refractivity contribution in [1.82, 2.24) is 9.62 Å². The lowest BCUT2D eigenvalue weighted by molar-refractivity contribution is -0.143. The van der Waals surface area contributed by atoms with Gasteiger partial charge in [-0.2, -0.15) is 4.31 Å². The molecule has 1 aliphatic heterocycles. The summed E-state index contributed by atoms with van der Waals surface area (Å²) in [4.78, 5) is 23.6. The molecule has 1 atom stereocenters. The number of carbonyl (C=O) groups is 2. The van der Waals surface area contributed by atoms with E-state index in [9.17, 15) is 23.1 Å². The first-order valence-corrected chi connectivity index (χ1v) is 9.38. The molecular weight excluding hydrogens is 348 g/mol. The molecule has 1 aliphatic rings. The number of ether oxygens (including phenoxy) is 1. The second-order valence-corrected chi connectivity index (χ2v) is 7.92. The van der Waals surface area contributed by atoms with Gasteiger partial charge in [-0.1, -0.05) is 6.92 Å². The van der Waals surface area contributed by atoms with E-state index in [0.29, 0.717) is 13.2 Å². The highest BCUT2D eigenvalue weighted by Crippen LogP contribution is 2.18. The van der Waals surface area contributed by atoms with Crippen LogP contribution in [0.3, 0.4) is 0 Å². The molecule has 2 rings (SSSR count). The van der Waals surface area contributed by atoms with Crippen molar-refractivity contribution in [3.05, 3.63) is 29.8 Å². The van der Waals surface area contributed by atoms with Crippen molar-refractivity contribution in [2.45, 2.75) is 30.7 Å². The van der Waals surface area contributed by atoms with Gasteiger partial charge in [-0.3, -0.25) is 4.79 Å². The molecule has 1 aromatic carbocycles. The van der Waals surface area contributed by atoms with Gasteiger partial charge in [0.05, 0.1) is 18.1 Å². The number of carboxylic acids is 1. The molecule has 138 valence electrons. The Morgan fingerprint density at radius 2 is 1.80 bits per heavy atom. The molecule has 1 aromatic rings. The third kappa shape index (κ3) is 4.17. The van der Waals surface area contributed by atoms with Crippen molar-refractivity contribution in [3.63, 3.8) is 0 Å². The van der Waals surface area contributed by atoms with E-state index in [4.69, 9.17) is 4.74 Å². The van der Waals surface area contributed by atoms with Crippen LogP contribution in [0.1, 0.15) is 30.6 Å². The van der Waals surface area contributed by atoms with E-state index in [1.807, 2.05) is 0 Å². The Bertz CT molecular complexity index is 740. The molecule has 0 aromatic heterocycles. The van der Waals surface area contributed by atoms with Crippen LogP contribution in [0.4, 0.5) is 0 Å². The number of aliphatic carboxylic acids is 1. The minimum absolute atomic E-state index is 0.0856. The zero-order chi connectivity index (χ0) is 18.7. The Morgan fingerprint density at radius 1 is 1.24 bits per heavy atom. The van der Waals surface area contributed by atoms with Crippen LogP contribution >= 0.6 is 0 Å². The van der Waals surface area contributed by atoms with Crippen molar-refractivity contribution < 1.29 is 27.9 Å². The molecule has 0 radical (unpaired) electrons. The lowest BCUT2D eigenvalue weighted by Gasteiger charge is -2.26. The monoisotopic (exact) mass is 370 g/mol. The first-order chi connectivity index (χ1) is 11.7. The topological polar surface area (TPSA) is 113 Å². The average Bonchev–Trinajstić information content (AvgIpc) is 2.62. The number of nitrogens with zero attached hydrogens (tertiary/aromatic N) is 1. The summed E-state index contributed by atoms with van der Waals surface area (Å²) in [5.41, 5.74) is -1.18. The zero-order valence-electron chi connectivity index (χ0n) is 14.2. The largest absolute Gasteiger partial charge is 0.480 e. The third-order valence-electron chi connectivity index (χ3n) is 4.29. The van der Waals surface area contributed by atoms with Gasteiger partial charge in [-0.15, -0.1) is 0 Å². The Balaban J connectivity index is 2.16. The molecule has 0 aliphatic carbocycles. The summed E-state index contributed by atoms with van der Waals surface area (Å²) in [6, 6.07) is 5.45. The molecular formula is C16H22N2O6S. The molecule has 25 heavy (non-hydrogen) atoms. The first kappa shape index (κ1) is 19.4. The van der Waals surface area contributed by atoms with Crippen LogP contribution in [0.25, 0.3) is 0 Å². The predicted molar refractivity (Wildman–Crippen MR) is 89.8 cm³/mol. The van der Waals surface area contributed by atoms with E-state index in [2.05, 4.69) is 5.32 Å². The number of morpholine rings is 1. The highest BCUT2D eigenvalue weighted by molar-refractivity contribution is 7.89. The number of benzene rings is 1. The van der Waals surface area contributed by atoms with Crippen LogP contribution in [0.2, 0.25) is 0 Å². The molecule has 0 saturated carbocycles. The van der Waals surface area contributed by atoms with E-state index in [1.54, 1.807) is 6.92 Å². The first-order valence-electron chi connectivity index (χ1n) is 7.94. The van der Waals surface area contributed by atoms with E-state index >= 15 is 0 Å². The van der Waals surface area contributed by atoms with Crippen LogP contribution in [-0.2, 0) is 19.6 Å². The SMILES string of the molecule is CCC(C)(NC(=O)c1ccc(S(=O)(=O)N2CCOCC2)cc1)C(=O)O. The average molecular weight is 370 g/mol. The van der Waals surface area contributed by atoms with Crippen molar-refractivity contribution in [2.75, 3.05) is 26.3 Å². The fourth-order valence-corrected chi connectivity index (χ4v) is 3.74. The Labute approximate surface area is 146 Å². The molecule has 1 unspecified atom stereocenters. The minimum atomic E-state index is -3.63. The molecule has 8 nitrogen and oxygen atoms in total. The van der Waals surface area contributed by atoms with Gasteiger partial charge >= 0.3 is 5.97 Å². The number of hydrogen-bond donors (Lipinski definition) is 2. The normalized spacial score (nSPS) is 18.3. The molecule has 0 bridgehead atoms. The van der Waals surface area contributed by atoms with Gasteiger partial charge < -0.3 is 15.2 Å². The van der Waals surface area contributed by atoms with Crippen molar-refractivity contribution in [1.29, 1.82) is 0 Å². The maximum absolute atomic E-state index is 12.5. The lowest BCUT2D eigenvalue weighted by Crippen LogP contribution is -2.51. The Kier molecular flexibility index (Phi) is 5.81. The Hall–Kier alpha value is -1.97. The Morgan fingerprint density at radius 3 is 2.28 bits per heavy atom. The number of amides is 1. The number of carboxylic acid groups (broad SMARTS) is 1. The van der Waals surface area contributed by atoms with Crippen LogP contribution in [0.5, 0.6) is 0 Å². The van der Waals surface area contributed by atoms with E-state index < -0.39 is 27.4 Å². The van der Waals surface area contributed by atoms with Gasteiger partial charge in [0.1, 0.15) is 5.54 Å². The summed E-state index contributed by atoms with van der Waals surface area (Å²) in [6.45, 7) is 4.36. The molecule has 2 N–H and O–H groups in total. The second-order valence-electron chi connectivity index (χ2n) is 5.99. The van der Waals surface area contributed by atoms with Crippen LogP contribution < -0.4 is 5.32 Å².